The summed E-state index contributed by atoms with van der Waals surface area (Å²) in [4.78, 5) is 0. The fraction of sp³-hybridized carbons (Fsp3) is 0.600. The van der Waals surface area contributed by atoms with Gasteiger partial charge in [-0.2, -0.15) is 0 Å². The molecule has 58 valence electrons. The van der Waals surface area contributed by atoms with Gasteiger partial charge in [0.25, 0.3) is 0 Å². The molecule has 0 amide bonds. The van der Waals surface area contributed by atoms with E-state index in [1.807, 2.05) is 0 Å². The SMILES string of the molecule is C=C(C)CCCC(=C)CC. The maximum atomic E-state index is 3.94. The first kappa shape index (κ1) is 9.48. The topological polar surface area (TPSA) is 0 Å². The molecule has 0 nitrogen and oxygen atoms in total. The van der Waals surface area contributed by atoms with Crippen LogP contribution in [0.15, 0.2) is 24.3 Å². The highest BCUT2D eigenvalue weighted by molar-refractivity contribution is 4.95. The van der Waals surface area contributed by atoms with Crippen LogP contribution < -0.4 is 0 Å². The van der Waals surface area contributed by atoms with Crippen LogP contribution in [0.2, 0.25) is 0 Å². The smallest absolute Gasteiger partial charge is 0.0320 e. The quantitative estimate of drug-likeness (QED) is 0.508. The maximum Gasteiger partial charge on any atom is -0.0320 e. The van der Waals surface area contributed by atoms with E-state index in [1.165, 1.54) is 24.0 Å². The summed E-state index contributed by atoms with van der Waals surface area (Å²) in [5.41, 5.74) is 2.64. The van der Waals surface area contributed by atoms with Gasteiger partial charge in [-0.3, -0.25) is 0 Å². The van der Waals surface area contributed by atoms with Crippen molar-refractivity contribution in [1.29, 1.82) is 0 Å². The summed E-state index contributed by atoms with van der Waals surface area (Å²) >= 11 is 0. The van der Waals surface area contributed by atoms with E-state index in [1.54, 1.807) is 0 Å². The van der Waals surface area contributed by atoms with Crippen molar-refractivity contribution in [3.63, 3.8) is 0 Å². The number of hydrogen-bond donors (Lipinski definition) is 0. The highest BCUT2D eigenvalue weighted by Crippen LogP contribution is 2.11. The monoisotopic (exact) mass is 138 g/mol. The van der Waals surface area contributed by atoms with Crippen LogP contribution in [0.1, 0.15) is 39.5 Å². The molecule has 0 saturated heterocycles. The Balaban J connectivity index is 3.20. The van der Waals surface area contributed by atoms with Crippen molar-refractivity contribution in [3.05, 3.63) is 24.3 Å². The first-order chi connectivity index (χ1) is 4.66. The summed E-state index contributed by atoms with van der Waals surface area (Å²) < 4.78 is 0. The molecule has 0 spiro atoms. The first-order valence-electron chi connectivity index (χ1n) is 3.97. The molecule has 0 N–H and O–H groups in total. The Morgan fingerprint density at radius 2 is 1.80 bits per heavy atom. The van der Waals surface area contributed by atoms with Crippen LogP contribution in [0.25, 0.3) is 0 Å². The van der Waals surface area contributed by atoms with Gasteiger partial charge < -0.3 is 0 Å². The van der Waals surface area contributed by atoms with Crippen LogP contribution in [-0.4, -0.2) is 0 Å². The minimum atomic E-state index is 1.12. The Hall–Kier alpha value is -0.520. The highest BCUT2D eigenvalue weighted by atomic mass is 14.0. The van der Waals surface area contributed by atoms with Crippen LogP contribution >= 0.6 is 0 Å². The molecule has 0 aliphatic rings. The van der Waals surface area contributed by atoms with E-state index in [4.69, 9.17) is 0 Å². The van der Waals surface area contributed by atoms with Crippen LogP contribution in [0.3, 0.4) is 0 Å². The van der Waals surface area contributed by atoms with Crippen molar-refractivity contribution in [3.8, 4) is 0 Å². The van der Waals surface area contributed by atoms with Crippen molar-refractivity contribution < 1.29 is 0 Å². The molecule has 0 aliphatic heterocycles. The lowest BCUT2D eigenvalue weighted by molar-refractivity contribution is 0.785. The van der Waals surface area contributed by atoms with E-state index < -0.39 is 0 Å². The largest absolute Gasteiger partial charge is 0.100 e. The molecule has 0 aromatic carbocycles. The van der Waals surface area contributed by atoms with Crippen LogP contribution in [0.4, 0.5) is 0 Å². The standard InChI is InChI=1S/C10H18/c1-5-10(4)8-6-7-9(2)3/h2,4-8H2,1,3H3. The summed E-state index contributed by atoms with van der Waals surface area (Å²) in [6.45, 7) is 12.0. The molecule has 0 atom stereocenters. The molecule has 0 aromatic heterocycles. The molecular formula is C10H18. The Morgan fingerprint density at radius 3 is 2.20 bits per heavy atom. The Morgan fingerprint density at radius 1 is 1.20 bits per heavy atom. The van der Waals surface area contributed by atoms with Gasteiger partial charge in [-0.1, -0.05) is 24.6 Å². The van der Waals surface area contributed by atoms with Crippen LogP contribution in [0.5, 0.6) is 0 Å². The lowest BCUT2D eigenvalue weighted by Gasteiger charge is -2.00. The van der Waals surface area contributed by atoms with E-state index in [0.29, 0.717) is 0 Å². The molecule has 10 heavy (non-hydrogen) atoms. The first-order valence-corrected chi connectivity index (χ1v) is 3.97. The molecule has 0 heteroatoms. The molecule has 0 unspecified atom stereocenters. The second kappa shape index (κ2) is 5.28. The normalized spacial score (nSPS) is 9.40. The van der Waals surface area contributed by atoms with E-state index in [-0.39, 0.29) is 0 Å². The van der Waals surface area contributed by atoms with Crippen molar-refractivity contribution >= 4 is 0 Å². The van der Waals surface area contributed by atoms with Gasteiger partial charge in [0.15, 0.2) is 0 Å². The van der Waals surface area contributed by atoms with Gasteiger partial charge in [0, 0.05) is 0 Å². The summed E-state index contributed by atoms with van der Waals surface area (Å²) in [6, 6.07) is 0. The fourth-order valence-corrected chi connectivity index (χ4v) is 0.817. The molecule has 0 saturated carbocycles. The number of rotatable bonds is 5. The second-order valence-corrected chi connectivity index (χ2v) is 2.91. The molecule has 0 rings (SSSR count). The fourth-order valence-electron chi connectivity index (χ4n) is 0.817. The minimum absolute atomic E-state index is 1.12. The zero-order valence-electron chi connectivity index (χ0n) is 7.24. The maximum absolute atomic E-state index is 3.94. The van der Waals surface area contributed by atoms with Gasteiger partial charge >= 0.3 is 0 Å². The molecule has 0 fully saturated rings. The van der Waals surface area contributed by atoms with Gasteiger partial charge in [-0.25, -0.2) is 0 Å². The predicted molar refractivity (Wildman–Crippen MR) is 48.1 cm³/mol. The van der Waals surface area contributed by atoms with E-state index in [9.17, 15) is 0 Å². The Bertz CT molecular complexity index is 120. The average molecular weight is 138 g/mol. The van der Waals surface area contributed by atoms with Crippen molar-refractivity contribution in [2.24, 2.45) is 0 Å². The third-order valence-corrected chi connectivity index (χ3v) is 1.63. The van der Waals surface area contributed by atoms with Crippen molar-refractivity contribution in [2.45, 2.75) is 39.5 Å². The highest BCUT2D eigenvalue weighted by Gasteiger charge is 1.91. The lowest BCUT2D eigenvalue weighted by atomic mass is 10.1. The molecule has 0 aromatic rings. The minimum Gasteiger partial charge on any atom is -0.100 e. The number of allylic oxidation sites excluding steroid dienone is 2. The third kappa shape index (κ3) is 5.61. The van der Waals surface area contributed by atoms with Gasteiger partial charge in [0.1, 0.15) is 0 Å². The Kier molecular flexibility index (Phi) is 5.00. The average Bonchev–Trinajstić information content (AvgIpc) is 1.87. The zero-order valence-corrected chi connectivity index (χ0v) is 7.24. The predicted octanol–water partition coefficient (Wildman–Crippen LogP) is 3.70. The summed E-state index contributed by atoms with van der Waals surface area (Å²) in [7, 11) is 0. The Labute approximate surface area is 64.6 Å². The van der Waals surface area contributed by atoms with Gasteiger partial charge in [0.2, 0.25) is 0 Å². The molecule has 0 aliphatic carbocycles. The second-order valence-electron chi connectivity index (χ2n) is 2.91. The van der Waals surface area contributed by atoms with Gasteiger partial charge in [-0.05, 0) is 32.6 Å². The number of hydrogen-bond acceptors (Lipinski definition) is 0. The van der Waals surface area contributed by atoms with E-state index in [0.717, 1.165) is 12.8 Å². The molecular weight excluding hydrogens is 120 g/mol. The van der Waals surface area contributed by atoms with Crippen molar-refractivity contribution in [2.75, 3.05) is 0 Å². The summed E-state index contributed by atoms with van der Waals surface area (Å²) in [5.74, 6) is 0. The summed E-state index contributed by atoms with van der Waals surface area (Å²) in [5, 5.41) is 0. The van der Waals surface area contributed by atoms with Crippen molar-refractivity contribution in [1.82, 2.24) is 0 Å². The van der Waals surface area contributed by atoms with Crippen LogP contribution in [0, 0.1) is 0 Å². The third-order valence-electron chi connectivity index (χ3n) is 1.63. The van der Waals surface area contributed by atoms with Gasteiger partial charge in [0.05, 0.1) is 0 Å². The molecule has 0 radical (unpaired) electrons. The van der Waals surface area contributed by atoms with Crippen LogP contribution in [-0.2, 0) is 0 Å². The van der Waals surface area contributed by atoms with Gasteiger partial charge in [-0.15, -0.1) is 6.58 Å². The summed E-state index contributed by atoms with van der Waals surface area (Å²) in [6.07, 6.45) is 4.67. The molecule has 0 bridgehead atoms. The molecule has 0 heterocycles. The zero-order chi connectivity index (χ0) is 7.98. The van der Waals surface area contributed by atoms with E-state index >= 15 is 0 Å². The lowest BCUT2D eigenvalue weighted by Crippen LogP contribution is -1.80. The van der Waals surface area contributed by atoms with E-state index in [2.05, 4.69) is 27.0 Å².